The molecular formula is C15H23N5. The lowest BCUT2D eigenvalue weighted by Gasteiger charge is -2.20. The zero-order chi connectivity index (χ0) is 14.4. The molecule has 1 aromatic heterocycles. The molecule has 0 bridgehead atoms. The molecule has 0 aliphatic rings. The molecule has 0 aliphatic carbocycles. The third kappa shape index (κ3) is 3.81. The van der Waals surface area contributed by atoms with Crippen molar-refractivity contribution in [1.29, 1.82) is 0 Å². The van der Waals surface area contributed by atoms with Gasteiger partial charge in [0.15, 0.2) is 0 Å². The van der Waals surface area contributed by atoms with Crippen molar-refractivity contribution in [2.45, 2.75) is 39.9 Å². The van der Waals surface area contributed by atoms with Crippen molar-refractivity contribution in [3.8, 4) is 0 Å². The summed E-state index contributed by atoms with van der Waals surface area (Å²) >= 11 is 0. The number of benzene rings is 1. The van der Waals surface area contributed by atoms with Gasteiger partial charge in [0.1, 0.15) is 12.2 Å². The predicted molar refractivity (Wildman–Crippen MR) is 81.0 cm³/mol. The normalized spacial score (nSPS) is 11.2. The van der Waals surface area contributed by atoms with E-state index in [9.17, 15) is 0 Å². The van der Waals surface area contributed by atoms with E-state index in [2.05, 4.69) is 34.9 Å². The highest BCUT2D eigenvalue weighted by Gasteiger charge is 2.10. The van der Waals surface area contributed by atoms with Gasteiger partial charge in [-0.3, -0.25) is 4.90 Å². The Labute approximate surface area is 120 Å². The fourth-order valence-electron chi connectivity index (χ4n) is 2.24. The average molecular weight is 273 g/mol. The molecule has 1 aromatic carbocycles. The summed E-state index contributed by atoms with van der Waals surface area (Å²) in [6.45, 7) is 7.88. The Morgan fingerprint density at radius 3 is 2.80 bits per heavy atom. The second-order valence-corrected chi connectivity index (χ2v) is 4.95. The topological polar surface area (TPSA) is 60.0 Å². The minimum Gasteiger partial charge on any atom is -0.399 e. The number of aromatic nitrogens is 3. The number of nitrogens with two attached hydrogens (primary N) is 1. The van der Waals surface area contributed by atoms with Crippen LogP contribution in [0.3, 0.4) is 0 Å². The molecule has 0 unspecified atom stereocenters. The lowest BCUT2D eigenvalue weighted by Crippen LogP contribution is -2.24. The number of nitrogens with zero attached hydrogens (tertiary/aromatic N) is 4. The maximum absolute atomic E-state index is 5.83. The van der Waals surface area contributed by atoms with Gasteiger partial charge >= 0.3 is 0 Å². The molecule has 0 saturated heterocycles. The minimum absolute atomic E-state index is 0.811. The standard InChI is InChI=1S/C15H23N5/c1-3-8-20-15(17-12-18-20)11-19(4-2)10-13-6-5-7-14(16)9-13/h5-7,9,12H,3-4,8,10-11,16H2,1-2H3. The van der Waals surface area contributed by atoms with Crippen LogP contribution in [0.15, 0.2) is 30.6 Å². The van der Waals surface area contributed by atoms with E-state index in [4.69, 9.17) is 5.73 Å². The van der Waals surface area contributed by atoms with Crippen molar-refractivity contribution in [3.05, 3.63) is 42.0 Å². The van der Waals surface area contributed by atoms with E-state index in [0.717, 1.165) is 44.1 Å². The SMILES string of the molecule is CCCn1ncnc1CN(CC)Cc1cccc(N)c1. The summed E-state index contributed by atoms with van der Waals surface area (Å²) in [5.41, 5.74) is 7.87. The number of nitrogen functional groups attached to an aromatic ring is 1. The number of hydrogen-bond donors (Lipinski definition) is 1. The average Bonchev–Trinajstić information content (AvgIpc) is 2.86. The van der Waals surface area contributed by atoms with Crippen LogP contribution in [0.2, 0.25) is 0 Å². The van der Waals surface area contributed by atoms with Crippen molar-refractivity contribution in [2.75, 3.05) is 12.3 Å². The van der Waals surface area contributed by atoms with E-state index in [1.165, 1.54) is 5.56 Å². The molecule has 0 aliphatic heterocycles. The third-order valence-corrected chi connectivity index (χ3v) is 3.30. The quantitative estimate of drug-likeness (QED) is 0.786. The second kappa shape index (κ2) is 7.05. The molecule has 0 amide bonds. The van der Waals surface area contributed by atoms with Crippen molar-refractivity contribution in [3.63, 3.8) is 0 Å². The molecule has 2 aromatic rings. The first-order valence-corrected chi connectivity index (χ1v) is 7.16. The van der Waals surface area contributed by atoms with E-state index < -0.39 is 0 Å². The first kappa shape index (κ1) is 14.5. The molecule has 108 valence electrons. The highest BCUT2D eigenvalue weighted by Crippen LogP contribution is 2.11. The molecule has 20 heavy (non-hydrogen) atoms. The van der Waals surface area contributed by atoms with Gasteiger partial charge < -0.3 is 5.73 Å². The Balaban J connectivity index is 2.03. The smallest absolute Gasteiger partial charge is 0.141 e. The molecule has 0 saturated carbocycles. The van der Waals surface area contributed by atoms with Crippen LogP contribution in [0.25, 0.3) is 0 Å². The second-order valence-electron chi connectivity index (χ2n) is 4.95. The van der Waals surface area contributed by atoms with Crippen LogP contribution in [0, 0.1) is 0 Å². The van der Waals surface area contributed by atoms with Gasteiger partial charge in [0, 0.05) is 18.8 Å². The monoisotopic (exact) mass is 273 g/mol. The Kier molecular flexibility index (Phi) is 5.12. The van der Waals surface area contributed by atoms with Gasteiger partial charge in [-0.05, 0) is 30.7 Å². The highest BCUT2D eigenvalue weighted by molar-refractivity contribution is 5.40. The van der Waals surface area contributed by atoms with Crippen molar-refractivity contribution >= 4 is 5.69 Å². The van der Waals surface area contributed by atoms with Gasteiger partial charge in [0.25, 0.3) is 0 Å². The Hall–Kier alpha value is -1.88. The summed E-state index contributed by atoms with van der Waals surface area (Å²) in [7, 11) is 0. The maximum atomic E-state index is 5.83. The Morgan fingerprint density at radius 2 is 2.10 bits per heavy atom. The van der Waals surface area contributed by atoms with Gasteiger partial charge in [0.05, 0.1) is 6.54 Å². The van der Waals surface area contributed by atoms with Gasteiger partial charge in [0.2, 0.25) is 0 Å². The van der Waals surface area contributed by atoms with Gasteiger partial charge in [-0.2, -0.15) is 5.10 Å². The molecule has 0 fully saturated rings. The fourth-order valence-corrected chi connectivity index (χ4v) is 2.24. The lowest BCUT2D eigenvalue weighted by molar-refractivity contribution is 0.258. The molecule has 5 heteroatoms. The van der Waals surface area contributed by atoms with Crippen molar-refractivity contribution in [2.24, 2.45) is 0 Å². The summed E-state index contributed by atoms with van der Waals surface area (Å²) in [6.07, 6.45) is 2.71. The zero-order valence-electron chi connectivity index (χ0n) is 12.3. The maximum Gasteiger partial charge on any atom is 0.141 e. The summed E-state index contributed by atoms with van der Waals surface area (Å²) < 4.78 is 1.99. The molecule has 0 atom stereocenters. The minimum atomic E-state index is 0.811. The lowest BCUT2D eigenvalue weighted by atomic mass is 10.2. The Morgan fingerprint density at radius 1 is 1.25 bits per heavy atom. The predicted octanol–water partition coefficient (Wildman–Crippen LogP) is 2.29. The van der Waals surface area contributed by atoms with E-state index in [1.54, 1.807) is 6.33 Å². The van der Waals surface area contributed by atoms with E-state index in [-0.39, 0.29) is 0 Å². The Bertz CT molecular complexity index is 535. The largest absolute Gasteiger partial charge is 0.399 e. The van der Waals surface area contributed by atoms with E-state index in [0.29, 0.717) is 0 Å². The van der Waals surface area contributed by atoms with Crippen LogP contribution in [-0.4, -0.2) is 26.2 Å². The number of hydrogen-bond acceptors (Lipinski definition) is 4. The third-order valence-electron chi connectivity index (χ3n) is 3.30. The summed E-state index contributed by atoms with van der Waals surface area (Å²) in [6, 6.07) is 8.05. The molecule has 2 N–H and O–H groups in total. The van der Waals surface area contributed by atoms with Crippen LogP contribution in [-0.2, 0) is 19.6 Å². The van der Waals surface area contributed by atoms with Crippen LogP contribution in [0.1, 0.15) is 31.7 Å². The van der Waals surface area contributed by atoms with Gasteiger partial charge in [-0.15, -0.1) is 0 Å². The first-order valence-electron chi connectivity index (χ1n) is 7.16. The number of anilines is 1. The number of rotatable bonds is 7. The van der Waals surface area contributed by atoms with Crippen molar-refractivity contribution in [1.82, 2.24) is 19.7 Å². The molecule has 2 rings (SSSR count). The van der Waals surface area contributed by atoms with Gasteiger partial charge in [-0.25, -0.2) is 9.67 Å². The number of aryl methyl sites for hydroxylation is 1. The van der Waals surface area contributed by atoms with Crippen LogP contribution in [0.4, 0.5) is 5.69 Å². The zero-order valence-corrected chi connectivity index (χ0v) is 12.3. The molecular weight excluding hydrogens is 250 g/mol. The summed E-state index contributed by atoms with van der Waals surface area (Å²) in [4.78, 5) is 6.71. The highest BCUT2D eigenvalue weighted by atomic mass is 15.3. The summed E-state index contributed by atoms with van der Waals surface area (Å²) in [5.74, 6) is 1.03. The van der Waals surface area contributed by atoms with Crippen LogP contribution in [0.5, 0.6) is 0 Å². The van der Waals surface area contributed by atoms with Gasteiger partial charge in [-0.1, -0.05) is 26.0 Å². The first-order chi connectivity index (χ1) is 9.72. The molecule has 1 heterocycles. The summed E-state index contributed by atoms with van der Waals surface area (Å²) in [5, 5.41) is 4.27. The van der Waals surface area contributed by atoms with E-state index in [1.807, 2.05) is 22.9 Å². The molecule has 5 nitrogen and oxygen atoms in total. The molecule has 0 spiro atoms. The fraction of sp³-hybridized carbons (Fsp3) is 0.467. The van der Waals surface area contributed by atoms with Crippen LogP contribution < -0.4 is 5.73 Å². The van der Waals surface area contributed by atoms with Crippen molar-refractivity contribution < 1.29 is 0 Å². The molecule has 0 radical (unpaired) electrons. The van der Waals surface area contributed by atoms with Crippen LogP contribution >= 0.6 is 0 Å². The van der Waals surface area contributed by atoms with E-state index >= 15 is 0 Å².